The van der Waals surface area contributed by atoms with Crippen LogP contribution in [0.5, 0.6) is 5.75 Å². The van der Waals surface area contributed by atoms with Crippen molar-refractivity contribution in [2.75, 3.05) is 6.61 Å². The van der Waals surface area contributed by atoms with E-state index in [0.29, 0.717) is 6.54 Å². The molecule has 1 rings (SSSR count). The van der Waals surface area contributed by atoms with Gasteiger partial charge in [-0.05, 0) is 30.2 Å². The van der Waals surface area contributed by atoms with Crippen molar-refractivity contribution < 1.29 is 4.74 Å². The van der Waals surface area contributed by atoms with Gasteiger partial charge in [0.2, 0.25) is 0 Å². The summed E-state index contributed by atoms with van der Waals surface area (Å²) in [4.78, 5) is 0. The topological polar surface area (TPSA) is 35.2 Å². The molecule has 114 valence electrons. The SMILES string of the molecule is CCCCCCCCCCOc1ccc(Br)c(CN)c1. The molecule has 0 spiro atoms. The Kier molecular flexibility index (Phi) is 9.77. The zero-order valence-electron chi connectivity index (χ0n) is 12.7. The lowest BCUT2D eigenvalue weighted by molar-refractivity contribution is 0.304. The molecule has 0 saturated carbocycles. The molecule has 0 aliphatic heterocycles. The van der Waals surface area contributed by atoms with E-state index in [4.69, 9.17) is 10.5 Å². The average Bonchev–Trinajstić information content (AvgIpc) is 2.47. The van der Waals surface area contributed by atoms with Crippen LogP contribution >= 0.6 is 15.9 Å². The minimum atomic E-state index is 0.537. The van der Waals surface area contributed by atoms with E-state index >= 15 is 0 Å². The van der Waals surface area contributed by atoms with Crippen molar-refractivity contribution in [2.45, 2.75) is 64.8 Å². The van der Waals surface area contributed by atoms with Crippen molar-refractivity contribution in [3.8, 4) is 5.75 Å². The number of unbranched alkanes of at least 4 members (excludes halogenated alkanes) is 7. The molecule has 0 atom stereocenters. The largest absolute Gasteiger partial charge is 0.494 e. The van der Waals surface area contributed by atoms with Gasteiger partial charge in [0, 0.05) is 11.0 Å². The molecule has 0 aromatic heterocycles. The Labute approximate surface area is 132 Å². The first kappa shape index (κ1) is 17.5. The summed E-state index contributed by atoms with van der Waals surface area (Å²) < 4.78 is 6.83. The van der Waals surface area contributed by atoms with Gasteiger partial charge in [-0.15, -0.1) is 0 Å². The van der Waals surface area contributed by atoms with Crippen LogP contribution in [-0.2, 0) is 6.54 Å². The maximum Gasteiger partial charge on any atom is 0.119 e. The number of rotatable bonds is 11. The van der Waals surface area contributed by atoms with Crippen LogP contribution < -0.4 is 10.5 Å². The van der Waals surface area contributed by atoms with E-state index in [1.807, 2.05) is 18.2 Å². The van der Waals surface area contributed by atoms with Crippen molar-refractivity contribution in [1.29, 1.82) is 0 Å². The van der Waals surface area contributed by atoms with Crippen LogP contribution in [0.2, 0.25) is 0 Å². The molecule has 0 unspecified atom stereocenters. The van der Waals surface area contributed by atoms with Crippen molar-refractivity contribution >= 4 is 15.9 Å². The Hall–Kier alpha value is -0.540. The molecule has 1 aromatic carbocycles. The monoisotopic (exact) mass is 341 g/mol. The molecule has 2 N–H and O–H groups in total. The van der Waals surface area contributed by atoms with Gasteiger partial charge < -0.3 is 10.5 Å². The molecule has 2 nitrogen and oxygen atoms in total. The Bertz CT molecular complexity index is 368. The normalized spacial score (nSPS) is 10.8. The zero-order chi connectivity index (χ0) is 14.6. The Morgan fingerprint density at radius 3 is 2.30 bits per heavy atom. The average molecular weight is 342 g/mol. The molecule has 0 aliphatic carbocycles. The third kappa shape index (κ3) is 7.30. The van der Waals surface area contributed by atoms with E-state index in [0.717, 1.165) is 28.8 Å². The zero-order valence-corrected chi connectivity index (χ0v) is 14.3. The van der Waals surface area contributed by atoms with Gasteiger partial charge in [0.25, 0.3) is 0 Å². The third-order valence-electron chi connectivity index (χ3n) is 3.50. The fourth-order valence-electron chi connectivity index (χ4n) is 2.22. The Morgan fingerprint density at radius 2 is 1.65 bits per heavy atom. The molecule has 0 heterocycles. The molecule has 0 bridgehead atoms. The van der Waals surface area contributed by atoms with Crippen LogP contribution in [0.1, 0.15) is 63.9 Å². The molecule has 20 heavy (non-hydrogen) atoms. The second-order valence-electron chi connectivity index (χ2n) is 5.28. The highest BCUT2D eigenvalue weighted by atomic mass is 79.9. The van der Waals surface area contributed by atoms with Crippen LogP contribution in [0.4, 0.5) is 0 Å². The number of halogens is 1. The minimum Gasteiger partial charge on any atom is -0.494 e. The predicted molar refractivity (Wildman–Crippen MR) is 90.1 cm³/mol. The van der Waals surface area contributed by atoms with E-state index in [1.165, 1.54) is 44.9 Å². The van der Waals surface area contributed by atoms with Crippen molar-refractivity contribution in [2.24, 2.45) is 5.73 Å². The summed E-state index contributed by atoms with van der Waals surface area (Å²) in [6.45, 7) is 3.60. The van der Waals surface area contributed by atoms with E-state index in [-0.39, 0.29) is 0 Å². The lowest BCUT2D eigenvalue weighted by Crippen LogP contribution is -2.01. The molecular formula is C17H28BrNO. The highest BCUT2D eigenvalue weighted by Gasteiger charge is 2.01. The lowest BCUT2D eigenvalue weighted by atomic mass is 10.1. The van der Waals surface area contributed by atoms with Crippen LogP contribution in [0.25, 0.3) is 0 Å². The van der Waals surface area contributed by atoms with Crippen LogP contribution in [0.3, 0.4) is 0 Å². The first-order valence-electron chi connectivity index (χ1n) is 7.89. The smallest absolute Gasteiger partial charge is 0.119 e. The minimum absolute atomic E-state index is 0.537. The standard InChI is InChI=1S/C17H28BrNO/c1-2-3-4-5-6-7-8-9-12-20-16-10-11-17(18)15(13-16)14-19/h10-11,13H,2-9,12,14,19H2,1H3. The van der Waals surface area contributed by atoms with Crippen LogP contribution in [0, 0.1) is 0 Å². The van der Waals surface area contributed by atoms with E-state index < -0.39 is 0 Å². The lowest BCUT2D eigenvalue weighted by Gasteiger charge is -2.08. The number of hydrogen-bond acceptors (Lipinski definition) is 2. The molecular weight excluding hydrogens is 314 g/mol. The first-order valence-corrected chi connectivity index (χ1v) is 8.68. The number of benzene rings is 1. The van der Waals surface area contributed by atoms with Crippen molar-refractivity contribution in [3.05, 3.63) is 28.2 Å². The summed E-state index contributed by atoms with van der Waals surface area (Å²) in [5.41, 5.74) is 6.77. The Balaban J connectivity index is 2.06. The maximum atomic E-state index is 5.77. The van der Waals surface area contributed by atoms with E-state index in [2.05, 4.69) is 22.9 Å². The molecule has 3 heteroatoms. The quantitative estimate of drug-likeness (QED) is 0.545. The van der Waals surface area contributed by atoms with Gasteiger partial charge in [0.15, 0.2) is 0 Å². The Morgan fingerprint density at radius 1 is 1.00 bits per heavy atom. The van der Waals surface area contributed by atoms with Gasteiger partial charge in [0.1, 0.15) is 5.75 Å². The summed E-state index contributed by atoms with van der Waals surface area (Å²) in [6.07, 6.45) is 10.6. The summed E-state index contributed by atoms with van der Waals surface area (Å²) in [7, 11) is 0. The van der Waals surface area contributed by atoms with E-state index in [9.17, 15) is 0 Å². The second kappa shape index (κ2) is 11.2. The summed E-state index contributed by atoms with van der Waals surface area (Å²) in [6, 6.07) is 6.02. The molecule has 0 aliphatic rings. The maximum absolute atomic E-state index is 5.77. The summed E-state index contributed by atoms with van der Waals surface area (Å²) >= 11 is 3.48. The van der Waals surface area contributed by atoms with Gasteiger partial charge in [0.05, 0.1) is 6.61 Å². The summed E-state index contributed by atoms with van der Waals surface area (Å²) in [5, 5.41) is 0. The van der Waals surface area contributed by atoms with Crippen LogP contribution in [-0.4, -0.2) is 6.61 Å². The van der Waals surface area contributed by atoms with Gasteiger partial charge in [-0.1, -0.05) is 67.8 Å². The van der Waals surface area contributed by atoms with Gasteiger partial charge in [-0.25, -0.2) is 0 Å². The number of ether oxygens (including phenoxy) is 1. The second-order valence-corrected chi connectivity index (χ2v) is 6.14. The molecule has 0 fully saturated rings. The van der Waals surface area contributed by atoms with Gasteiger partial charge >= 0.3 is 0 Å². The predicted octanol–water partition coefficient (Wildman–Crippen LogP) is 5.43. The summed E-state index contributed by atoms with van der Waals surface area (Å²) in [5.74, 6) is 0.927. The number of hydrogen-bond donors (Lipinski definition) is 1. The van der Waals surface area contributed by atoms with Crippen molar-refractivity contribution in [3.63, 3.8) is 0 Å². The molecule has 1 aromatic rings. The molecule has 0 amide bonds. The molecule has 0 saturated heterocycles. The first-order chi connectivity index (χ1) is 9.77. The number of nitrogens with two attached hydrogens (primary N) is 1. The van der Waals surface area contributed by atoms with Crippen molar-refractivity contribution in [1.82, 2.24) is 0 Å². The van der Waals surface area contributed by atoms with Crippen LogP contribution in [0.15, 0.2) is 22.7 Å². The van der Waals surface area contributed by atoms with Gasteiger partial charge in [-0.2, -0.15) is 0 Å². The third-order valence-corrected chi connectivity index (χ3v) is 4.28. The fraction of sp³-hybridized carbons (Fsp3) is 0.647. The highest BCUT2D eigenvalue weighted by Crippen LogP contribution is 2.22. The highest BCUT2D eigenvalue weighted by molar-refractivity contribution is 9.10. The van der Waals surface area contributed by atoms with E-state index in [1.54, 1.807) is 0 Å². The van der Waals surface area contributed by atoms with Gasteiger partial charge in [-0.3, -0.25) is 0 Å². The fourth-order valence-corrected chi connectivity index (χ4v) is 2.63. The molecule has 0 radical (unpaired) electrons.